The van der Waals surface area contributed by atoms with Crippen LogP contribution < -0.4 is 4.90 Å². The van der Waals surface area contributed by atoms with Crippen LogP contribution in [0.3, 0.4) is 0 Å². The van der Waals surface area contributed by atoms with Gasteiger partial charge in [0.1, 0.15) is 0 Å². The quantitative estimate of drug-likeness (QED) is 0.585. The van der Waals surface area contributed by atoms with E-state index in [1.165, 1.54) is 6.08 Å². The lowest BCUT2D eigenvalue weighted by molar-refractivity contribution is -0.135. The number of hydrogen-bond donors (Lipinski definition) is 2. The van der Waals surface area contributed by atoms with Crippen molar-refractivity contribution in [2.24, 2.45) is 0 Å². The Balaban J connectivity index is 2.90. The molecule has 0 aromatic heterocycles. The second-order valence-corrected chi connectivity index (χ2v) is 3.32. The molecule has 0 heterocycles. The Hall–Kier alpha value is -1.97. The molecule has 0 spiro atoms. The maximum absolute atomic E-state index is 10.4. The molecule has 0 aliphatic rings. The highest BCUT2D eigenvalue weighted by molar-refractivity contribution is 5.89. The van der Waals surface area contributed by atoms with Crippen LogP contribution in [0.4, 0.5) is 5.69 Å². The predicted octanol–water partition coefficient (Wildman–Crippen LogP) is 1.74. The monoisotopic (exact) mass is 207 g/mol. The minimum absolute atomic E-state index is 0.653. The van der Waals surface area contributed by atoms with Crippen LogP contribution in [0.15, 0.2) is 30.0 Å². The van der Waals surface area contributed by atoms with Gasteiger partial charge in [0.2, 0.25) is 5.76 Å². The summed E-state index contributed by atoms with van der Waals surface area (Å²) in [5, 5.41) is 17.5. The highest BCUT2D eigenvalue weighted by Gasteiger charge is 2.03. The summed E-state index contributed by atoms with van der Waals surface area (Å²) >= 11 is 0. The number of carboxylic acid groups (broad SMARTS) is 1. The summed E-state index contributed by atoms with van der Waals surface area (Å²) in [6.45, 7) is 0. The van der Waals surface area contributed by atoms with Crippen LogP contribution in [-0.4, -0.2) is 30.3 Å². The number of aliphatic hydroxyl groups is 1. The first-order chi connectivity index (χ1) is 7.00. The van der Waals surface area contributed by atoms with Crippen LogP contribution >= 0.6 is 0 Å². The average Bonchev–Trinajstić information content (AvgIpc) is 2.18. The molecular weight excluding hydrogens is 194 g/mol. The summed E-state index contributed by atoms with van der Waals surface area (Å²) in [4.78, 5) is 12.3. The molecule has 0 aliphatic carbocycles. The van der Waals surface area contributed by atoms with E-state index in [0.29, 0.717) is 5.56 Å². The highest BCUT2D eigenvalue weighted by Crippen LogP contribution is 2.13. The number of rotatable bonds is 3. The Labute approximate surface area is 88.1 Å². The number of anilines is 1. The standard InChI is InChI=1S/C11H13NO3/c1-12(2)9-5-3-8(4-6-9)7-10(13)11(14)15/h3-7,13H,1-2H3,(H,14,15)/b10-7-. The normalized spacial score (nSPS) is 11.2. The fourth-order valence-electron chi connectivity index (χ4n) is 1.09. The van der Waals surface area contributed by atoms with Crippen LogP contribution in [0.25, 0.3) is 6.08 Å². The molecule has 0 fully saturated rings. The zero-order chi connectivity index (χ0) is 11.4. The molecule has 4 heteroatoms. The number of aliphatic hydroxyl groups excluding tert-OH is 1. The fraction of sp³-hybridized carbons (Fsp3) is 0.182. The summed E-state index contributed by atoms with van der Waals surface area (Å²) in [6.07, 6.45) is 1.21. The van der Waals surface area contributed by atoms with Crippen molar-refractivity contribution in [2.45, 2.75) is 0 Å². The summed E-state index contributed by atoms with van der Waals surface area (Å²) in [7, 11) is 3.83. The number of hydrogen-bond acceptors (Lipinski definition) is 3. The molecule has 0 saturated carbocycles. The lowest BCUT2D eigenvalue weighted by Gasteiger charge is -2.11. The van der Waals surface area contributed by atoms with Crippen molar-refractivity contribution in [3.05, 3.63) is 35.6 Å². The molecule has 0 aliphatic heterocycles. The number of carboxylic acids is 1. The second-order valence-electron chi connectivity index (χ2n) is 3.32. The van der Waals surface area contributed by atoms with Crippen LogP contribution in [0, 0.1) is 0 Å². The van der Waals surface area contributed by atoms with Crippen molar-refractivity contribution in [2.75, 3.05) is 19.0 Å². The molecule has 0 amide bonds. The molecule has 1 aromatic rings. The average molecular weight is 207 g/mol. The highest BCUT2D eigenvalue weighted by atomic mass is 16.4. The van der Waals surface area contributed by atoms with E-state index in [1.807, 2.05) is 31.1 Å². The van der Waals surface area contributed by atoms with Crippen LogP contribution in [0.5, 0.6) is 0 Å². The van der Waals surface area contributed by atoms with Gasteiger partial charge in [0.15, 0.2) is 0 Å². The van der Waals surface area contributed by atoms with E-state index >= 15 is 0 Å². The van der Waals surface area contributed by atoms with Crippen LogP contribution in [-0.2, 0) is 4.79 Å². The van der Waals surface area contributed by atoms with E-state index < -0.39 is 11.7 Å². The predicted molar refractivity (Wildman–Crippen MR) is 59.0 cm³/mol. The SMILES string of the molecule is CN(C)c1ccc(/C=C(\O)C(=O)O)cc1. The maximum Gasteiger partial charge on any atom is 0.370 e. The van der Waals surface area contributed by atoms with Crippen molar-refractivity contribution in [3.63, 3.8) is 0 Å². The first kappa shape index (κ1) is 11.1. The van der Waals surface area contributed by atoms with Gasteiger partial charge in [-0.2, -0.15) is 0 Å². The number of carbonyl (C=O) groups is 1. The van der Waals surface area contributed by atoms with Crippen molar-refractivity contribution in [3.8, 4) is 0 Å². The molecule has 80 valence electrons. The van der Waals surface area contributed by atoms with Gasteiger partial charge in [-0.25, -0.2) is 4.79 Å². The van der Waals surface area contributed by atoms with Crippen molar-refractivity contribution in [1.82, 2.24) is 0 Å². The lowest BCUT2D eigenvalue weighted by Crippen LogP contribution is -2.08. The summed E-state index contributed by atoms with van der Waals surface area (Å²) in [6, 6.07) is 7.19. The Morgan fingerprint density at radius 1 is 1.20 bits per heavy atom. The van der Waals surface area contributed by atoms with Gasteiger partial charge >= 0.3 is 5.97 Å². The lowest BCUT2D eigenvalue weighted by atomic mass is 10.2. The van der Waals surface area contributed by atoms with Crippen LogP contribution in [0.1, 0.15) is 5.56 Å². The van der Waals surface area contributed by atoms with E-state index in [1.54, 1.807) is 12.1 Å². The number of benzene rings is 1. The molecule has 0 radical (unpaired) electrons. The maximum atomic E-state index is 10.4. The third kappa shape index (κ3) is 3.02. The summed E-state index contributed by atoms with van der Waals surface area (Å²) in [5.41, 5.74) is 1.67. The van der Waals surface area contributed by atoms with Crippen molar-refractivity contribution < 1.29 is 15.0 Å². The minimum Gasteiger partial charge on any atom is -0.502 e. The zero-order valence-electron chi connectivity index (χ0n) is 8.64. The second kappa shape index (κ2) is 4.50. The third-order valence-electron chi connectivity index (χ3n) is 1.93. The Morgan fingerprint density at radius 3 is 2.13 bits per heavy atom. The van der Waals surface area contributed by atoms with Gasteiger partial charge in [-0.15, -0.1) is 0 Å². The first-order valence-electron chi connectivity index (χ1n) is 4.42. The Bertz CT molecular complexity index is 379. The van der Waals surface area contributed by atoms with E-state index in [0.717, 1.165) is 5.69 Å². The molecule has 4 nitrogen and oxygen atoms in total. The number of aliphatic carboxylic acids is 1. The largest absolute Gasteiger partial charge is 0.502 e. The Kier molecular flexibility index (Phi) is 3.33. The summed E-state index contributed by atoms with van der Waals surface area (Å²) in [5.74, 6) is -1.99. The van der Waals surface area contributed by atoms with E-state index in [4.69, 9.17) is 10.2 Å². The van der Waals surface area contributed by atoms with E-state index in [9.17, 15) is 4.79 Å². The van der Waals surface area contributed by atoms with Gasteiger partial charge in [0.25, 0.3) is 0 Å². The third-order valence-corrected chi connectivity index (χ3v) is 1.93. The van der Waals surface area contributed by atoms with Gasteiger partial charge in [-0.3, -0.25) is 0 Å². The van der Waals surface area contributed by atoms with E-state index in [2.05, 4.69) is 0 Å². The van der Waals surface area contributed by atoms with E-state index in [-0.39, 0.29) is 0 Å². The van der Waals surface area contributed by atoms with Gasteiger partial charge in [0, 0.05) is 19.8 Å². The van der Waals surface area contributed by atoms with Crippen LogP contribution in [0.2, 0.25) is 0 Å². The van der Waals surface area contributed by atoms with Gasteiger partial charge in [0.05, 0.1) is 0 Å². The molecule has 2 N–H and O–H groups in total. The number of nitrogens with zero attached hydrogens (tertiary/aromatic N) is 1. The topological polar surface area (TPSA) is 60.8 Å². The van der Waals surface area contributed by atoms with Gasteiger partial charge in [-0.05, 0) is 23.8 Å². The van der Waals surface area contributed by atoms with Gasteiger partial charge in [-0.1, -0.05) is 12.1 Å². The summed E-state index contributed by atoms with van der Waals surface area (Å²) < 4.78 is 0. The fourth-order valence-corrected chi connectivity index (χ4v) is 1.09. The molecule has 1 rings (SSSR count). The molecule has 0 unspecified atom stereocenters. The molecule has 1 aromatic carbocycles. The molecule has 15 heavy (non-hydrogen) atoms. The zero-order valence-corrected chi connectivity index (χ0v) is 8.64. The molecule has 0 saturated heterocycles. The van der Waals surface area contributed by atoms with Gasteiger partial charge < -0.3 is 15.1 Å². The smallest absolute Gasteiger partial charge is 0.370 e. The van der Waals surface area contributed by atoms with Crippen molar-refractivity contribution in [1.29, 1.82) is 0 Å². The molecule has 0 bridgehead atoms. The molecular formula is C11H13NO3. The minimum atomic E-state index is -1.33. The first-order valence-corrected chi connectivity index (χ1v) is 4.42. The Morgan fingerprint density at radius 2 is 1.73 bits per heavy atom. The molecule has 0 atom stereocenters. The van der Waals surface area contributed by atoms with Crippen molar-refractivity contribution >= 4 is 17.7 Å².